The zero-order chi connectivity index (χ0) is 16.1. The Hall–Kier alpha value is -2.09. The van der Waals surface area contributed by atoms with Crippen molar-refractivity contribution in [2.75, 3.05) is 11.1 Å². The molecule has 0 unspecified atom stereocenters. The van der Waals surface area contributed by atoms with E-state index in [4.69, 9.17) is 0 Å². The van der Waals surface area contributed by atoms with E-state index in [2.05, 4.69) is 15.5 Å². The fraction of sp³-hybridized carbons (Fsp3) is 0.357. The molecule has 0 aliphatic heterocycles. The van der Waals surface area contributed by atoms with Gasteiger partial charge < -0.3 is 5.32 Å². The molecule has 1 aromatic heterocycles. The van der Waals surface area contributed by atoms with Crippen molar-refractivity contribution < 1.29 is 9.18 Å². The van der Waals surface area contributed by atoms with E-state index in [1.54, 1.807) is 19.1 Å². The Morgan fingerprint density at radius 2 is 2.27 bits per heavy atom. The molecular formula is C14H17FN4O2S. The van der Waals surface area contributed by atoms with Gasteiger partial charge in [-0.25, -0.2) is 14.3 Å². The number of hydrogen-bond donors (Lipinski definition) is 2. The van der Waals surface area contributed by atoms with Crippen molar-refractivity contribution in [3.8, 4) is 0 Å². The largest absolute Gasteiger partial charge is 0.343 e. The lowest BCUT2D eigenvalue weighted by molar-refractivity contribution is -0.113. The first-order chi connectivity index (χ1) is 10.5. The Morgan fingerprint density at radius 1 is 1.50 bits per heavy atom. The molecule has 0 spiro atoms. The number of carbonyl (C=O) groups is 1. The van der Waals surface area contributed by atoms with Crippen molar-refractivity contribution >= 4 is 23.4 Å². The number of nitrogens with zero attached hydrogens (tertiary/aromatic N) is 2. The molecule has 2 rings (SSSR count). The highest BCUT2D eigenvalue weighted by Crippen LogP contribution is 2.16. The molecule has 8 heteroatoms. The summed E-state index contributed by atoms with van der Waals surface area (Å²) in [5.41, 5.74) is 0.638. The van der Waals surface area contributed by atoms with Gasteiger partial charge in [0.1, 0.15) is 5.82 Å². The minimum atomic E-state index is -0.366. The third-order valence-corrected chi connectivity index (χ3v) is 3.93. The minimum Gasteiger partial charge on any atom is -0.325 e. The smallest absolute Gasteiger partial charge is 0.325 e. The summed E-state index contributed by atoms with van der Waals surface area (Å²) in [6, 6.07) is 4.52. The summed E-state index contributed by atoms with van der Waals surface area (Å²) in [7, 11) is 0. The van der Waals surface area contributed by atoms with Crippen molar-refractivity contribution in [2.45, 2.75) is 32.0 Å². The molecule has 0 radical (unpaired) electrons. The van der Waals surface area contributed by atoms with E-state index in [-0.39, 0.29) is 23.2 Å². The second-order valence-corrected chi connectivity index (χ2v) is 5.71. The minimum absolute atomic E-state index is 0.0868. The summed E-state index contributed by atoms with van der Waals surface area (Å²) in [4.78, 5) is 23.4. The molecule has 1 amide bonds. The van der Waals surface area contributed by atoms with Gasteiger partial charge in [0.15, 0.2) is 5.16 Å². The van der Waals surface area contributed by atoms with Gasteiger partial charge in [-0.1, -0.05) is 24.8 Å². The maximum Gasteiger partial charge on any atom is 0.343 e. The van der Waals surface area contributed by atoms with Crippen LogP contribution in [0.5, 0.6) is 0 Å². The van der Waals surface area contributed by atoms with Crippen LogP contribution in [0.15, 0.2) is 28.2 Å². The predicted molar refractivity (Wildman–Crippen MR) is 83.6 cm³/mol. The van der Waals surface area contributed by atoms with Gasteiger partial charge in [0.25, 0.3) is 0 Å². The van der Waals surface area contributed by atoms with E-state index < -0.39 is 0 Å². The predicted octanol–water partition coefficient (Wildman–Crippen LogP) is 2.16. The second-order valence-electron chi connectivity index (χ2n) is 4.76. The van der Waals surface area contributed by atoms with Crippen LogP contribution in [-0.2, 0) is 11.3 Å². The number of carbonyl (C=O) groups excluding carboxylic acids is 1. The number of H-pyrrole nitrogens is 1. The molecule has 0 aliphatic carbocycles. The molecule has 0 aliphatic rings. The van der Waals surface area contributed by atoms with E-state index in [1.807, 2.05) is 6.92 Å². The number of halogens is 1. The van der Waals surface area contributed by atoms with Crippen LogP contribution >= 0.6 is 11.8 Å². The maximum atomic E-state index is 13.4. The molecular weight excluding hydrogens is 307 g/mol. The molecule has 22 heavy (non-hydrogen) atoms. The quantitative estimate of drug-likeness (QED) is 0.798. The highest BCUT2D eigenvalue weighted by atomic mass is 32.2. The number of nitrogens with one attached hydrogen (secondary N) is 2. The number of aromatic nitrogens is 3. The van der Waals surface area contributed by atoms with Crippen LogP contribution in [0.3, 0.4) is 0 Å². The SMILES string of the molecule is CCCn1c(SCC(=O)Nc2ccc(C)c(F)c2)n[nH]c1=O. The van der Waals surface area contributed by atoms with Crippen LogP contribution in [0.4, 0.5) is 10.1 Å². The Morgan fingerprint density at radius 3 is 2.95 bits per heavy atom. The van der Waals surface area contributed by atoms with Crippen LogP contribution < -0.4 is 11.0 Å². The van der Waals surface area contributed by atoms with Crippen LogP contribution in [0.1, 0.15) is 18.9 Å². The molecule has 0 saturated heterocycles. The third kappa shape index (κ3) is 3.97. The Labute approximate surface area is 131 Å². The van der Waals surface area contributed by atoms with Crippen molar-refractivity contribution in [2.24, 2.45) is 0 Å². The monoisotopic (exact) mass is 324 g/mol. The summed E-state index contributed by atoms with van der Waals surface area (Å²) in [6.45, 7) is 4.15. The number of aromatic amines is 1. The zero-order valence-corrected chi connectivity index (χ0v) is 13.2. The number of thioether (sulfide) groups is 1. The average molecular weight is 324 g/mol. The molecule has 0 fully saturated rings. The van der Waals surface area contributed by atoms with Crippen LogP contribution in [0.2, 0.25) is 0 Å². The van der Waals surface area contributed by atoms with Crippen molar-refractivity contribution in [3.63, 3.8) is 0 Å². The summed E-state index contributed by atoms with van der Waals surface area (Å²) >= 11 is 1.16. The summed E-state index contributed by atoms with van der Waals surface area (Å²) in [6.07, 6.45) is 0.793. The lowest BCUT2D eigenvalue weighted by atomic mass is 10.2. The van der Waals surface area contributed by atoms with Crippen molar-refractivity contribution in [3.05, 3.63) is 40.1 Å². The van der Waals surface area contributed by atoms with Crippen LogP contribution in [0, 0.1) is 12.7 Å². The summed E-state index contributed by atoms with van der Waals surface area (Å²) in [5, 5.41) is 9.33. The Kier molecular flexibility index (Phi) is 5.37. The van der Waals surface area contributed by atoms with Crippen molar-refractivity contribution in [1.29, 1.82) is 0 Å². The van der Waals surface area contributed by atoms with Gasteiger partial charge in [-0.3, -0.25) is 9.36 Å². The first-order valence-electron chi connectivity index (χ1n) is 6.85. The lowest BCUT2D eigenvalue weighted by Crippen LogP contribution is -2.18. The van der Waals surface area contributed by atoms with Gasteiger partial charge >= 0.3 is 5.69 Å². The topological polar surface area (TPSA) is 79.8 Å². The molecule has 1 aromatic carbocycles. The number of rotatable bonds is 6. The molecule has 2 aromatic rings. The fourth-order valence-corrected chi connectivity index (χ4v) is 2.60. The van der Waals surface area contributed by atoms with E-state index in [0.29, 0.717) is 23.0 Å². The fourth-order valence-electron chi connectivity index (χ4n) is 1.83. The number of amides is 1. The number of benzene rings is 1. The van der Waals surface area contributed by atoms with E-state index >= 15 is 0 Å². The normalized spacial score (nSPS) is 10.7. The highest BCUT2D eigenvalue weighted by molar-refractivity contribution is 7.99. The highest BCUT2D eigenvalue weighted by Gasteiger charge is 2.11. The number of aryl methyl sites for hydroxylation is 1. The van der Waals surface area contributed by atoms with Crippen LogP contribution in [0.25, 0.3) is 0 Å². The van der Waals surface area contributed by atoms with Gasteiger partial charge in [-0.05, 0) is 31.0 Å². The molecule has 0 bridgehead atoms. The van der Waals surface area contributed by atoms with Gasteiger partial charge in [-0.15, -0.1) is 5.10 Å². The molecule has 6 nitrogen and oxygen atoms in total. The van der Waals surface area contributed by atoms with E-state index in [0.717, 1.165) is 18.2 Å². The average Bonchev–Trinajstić information content (AvgIpc) is 2.82. The van der Waals surface area contributed by atoms with Gasteiger partial charge in [0.05, 0.1) is 5.75 Å². The molecule has 0 saturated carbocycles. The van der Waals surface area contributed by atoms with Crippen LogP contribution in [-0.4, -0.2) is 26.4 Å². The lowest BCUT2D eigenvalue weighted by Gasteiger charge is -2.06. The molecule has 2 N–H and O–H groups in total. The van der Waals surface area contributed by atoms with E-state index in [1.165, 1.54) is 10.6 Å². The van der Waals surface area contributed by atoms with Gasteiger partial charge in [0.2, 0.25) is 5.91 Å². The molecule has 118 valence electrons. The van der Waals surface area contributed by atoms with Gasteiger partial charge in [0, 0.05) is 12.2 Å². The standard InChI is InChI=1S/C14H17FN4O2S/c1-3-6-19-13(21)17-18-14(19)22-8-12(20)16-10-5-4-9(2)11(15)7-10/h4-5,7H,3,6,8H2,1-2H3,(H,16,20)(H,17,21). The van der Waals surface area contributed by atoms with E-state index in [9.17, 15) is 14.0 Å². The van der Waals surface area contributed by atoms with Gasteiger partial charge in [-0.2, -0.15) is 0 Å². The Balaban J connectivity index is 1.95. The molecule has 0 atom stereocenters. The first kappa shape index (κ1) is 16.3. The first-order valence-corrected chi connectivity index (χ1v) is 7.83. The third-order valence-electron chi connectivity index (χ3n) is 2.96. The zero-order valence-electron chi connectivity index (χ0n) is 12.4. The summed E-state index contributed by atoms with van der Waals surface area (Å²) in [5.74, 6) is -0.565. The Bertz CT molecular complexity index is 726. The number of hydrogen-bond acceptors (Lipinski definition) is 4. The second kappa shape index (κ2) is 7.26. The van der Waals surface area contributed by atoms with Crippen molar-refractivity contribution in [1.82, 2.24) is 14.8 Å². The number of anilines is 1. The maximum absolute atomic E-state index is 13.4. The summed E-state index contributed by atoms with van der Waals surface area (Å²) < 4.78 is 14.9. The molecule has 1 heterocycles.